The van der Waals surface area contributed by atoms with Gasteiger partial charge in [-0.2, -0.15) is 0 Å². The standard InChI is InChI=1S/C19H28N4O2/c24-19(21-13-16-2-1-7-20-12-16)23-9-4-17-18(23)3-8-22(17)14-15-5-10-25-11-6-15/h1-2,7,12,15,17-18H,3-6,8-11,13-14H2,(H,21,24)/t17-,18+/m1/s1. The number of amides is 2. The number of urea groups is 1. The summed E-state index contributed by atoms with van der Waals surface area (Å²) in [7, 11) is 0. The van der Waals surface area contributed by atoms with Gasteiger partial charge >= 0.3 is 6.03 Å². The third kappa shape index (κ3) is 3.80. The monoisotopic (exact) mass is 344 g/mol. The van der Waals surface area contributed by atoms with Gasteiger partial charge in [0.2, 0.25) is 0 Å². The van der Waals surface area contributed by atoms with Crippen LogP contribution >= 0.6 is 0 Å². The van der Waals surface area contributed by atoms with Gasteiger partial charge in [0.1, 0.15) is 0 Å². The molecule has 3 aliphatic rings. The molecule has 0 bridgehead atoms. The molecule has 0 radical (unpaired) electrons. The normalized spacial score (nSPS) is 27.4. The molecule has 2 amide bonds. The van der Waals surface area contributed by atoms with Crippen LogP contribution in [-0.4, -0.2) is 65.7 Å². The molecule has 2 atom stereocenters. The number of rotatable bonds is 4. The van der Waals surface area contributed by atoms with Crippen LogP contribution in [0.2, 0.25) is 0 Å². The fourth-order valence-electron chi connectivity index (χ4n) is 4.60. The Morgan fingerprint density at radius 1 is 1.20 bits per heavy atom. The van der Waals surface area contributed by atoms with E-state index in [1.807, 2.05) is 12.1 Å². The molecule has 1 aromatic heterocycles. The second-order valence-corrected chi connectivity index (χ2v) is 7.48. The molecule has 0 aliphatic carbocycles. The van der Waals surface area contributed by atoms with Crippen LogP contribution in [-0.2, 0) is 11.3 Å². The van der Waals surface area contributed by atoms with Crippen molar-refractivity contribution in [1.29, 1.82) is 0 Å². The smallest absolute Gasteiger partial charge is 0.317 e. The summed E-state index contributed by atoms with van der Waals surface area (Å²) < 4.78 is 5.48. The minimum atomic E-state index is 0.0734. The largest absolute Gasteiger partial charge is 0.381 e. The van der Waals surface area contributed by atoms with Gasteiger partial charge in [0.05, 0.1) is 6.04 Å². The fraction of sp³-hybridized carbons (Fsp3) is 0.684. The van der Waals surface area contributed by atoms with E-state index in [0.717, 1.165) is 50.6 Å². The topological polar surface area (TPSA) is 57.7 Å². The zero-order valence-electron chi connectivity index (χ0n) is 14.8. The Kier molecular flexibility index (Phi) is 5.17. The highest BCUT2D eigenvalue weighted by Crippen LogP contribution is 2.33. The molecule has 1 aromatic rings. The number of carbonyl (C=O) groups excluding carboxylic acids is 1. The minimum absolute atomic E-state index is 0.0734. The van der Waals surface area contributed by atoms with E-state index >= 15 is 0 Å². The molecule has 0 saturated carbocycles. The molecule has 136 valence electrons. The van der Waals surface area contributed by atoms with Gasteiger partial charge in [0.15, 0.2) is 0 Å². The van der Waals surface area contributed by atoms with E-state index in [9.17, 15) is 4.79 Å². The lowest BCUT2D eigenvalue weighted by Crippen LogP contribution is -2.45. The van der Waals surface area contributed by atoms with Crippen LogP contribution in [0.3, 0.4) is 0 Å². The summed E-state index contributed by atoms with van der Waals surface area (Å²) in [4.78, 5) is 21.4. The van der Waals surface area contributed by atoms with Gasteiger partial charge in [0.25, 0.3) is 0 Å². The van der Waals surface area contributed by atoms with Crippen LogP contribution in [0, 0.1) is 5.92 Å². The van der Waals surface area contributed by atoms with Crippen molar-refractivity contribution >= 4 is 6.03 Å². The van der Waals surface area contributed by atoms with E-state index in [1.54, 1.807) is 12.4 Å². The Hall–Kier alpha value is -1.66. The number of aromatic nitrogens is 1. The molecule has 3 saturated heterocycles. The second-order valence-electron chi connectivity index (χ2n) is 7.48. The summed E-state index contributed by atoms with van der Waals surface area (Å²) in [6.07, 6.45) is 8.13. The molecular formula is C19H28N4O2. The Morgan fingerprint density at radius 3 is 2.84 bits per heavy atom. The van der Waals surface area contributed by atoms with Crippen LogP contribution in [0.5, 0.6) is 0 Å². The van der Waals surface area contributed by atoms with Gasteiger partial charge in [-0.15, -0.1) is 0 Å². The summed E-state index contributed by atoms with van der Waals surface area (Å²) in [5.41, 5.74) is 1.04. The maximum Gasteiger partial charge on any atom is 0.317 e. The maximum absolute atomic E-state index is 12.6. The average Bonchev–Trinajstić information content (AvgIpc) is 3.25. The first-order valence-corrected chi connectivity index (χ1v) is 9.56. The third-order valence-electron chi connectivity index (χ3n) is 5.95. The van der Waals surface area contributed by atoms with Crippen molar-refractivity contribution in [3.63, 3.8) is 0 Å². The van der Waals surface area contributed by atoms with Crippen LogP contribution in [0.15, 0.2) is 24.5 Å². The molecule has 3 fully saturated rings. The fourth-order valence-corrected chi connectivity index (χ4v) is 4.60. The molecule has 4 heterocycles. The van der Waals surface area contributed by atoms with Crippen LogP contribution in [0.25, 0.3) is 0 Å². The van der Waals surface area contributed by atoms with Gasteiger partial charge in [0, 0.05) is 57.8 Å². The maximum atomic E-state index is 12.6. The first-order chi connectivity index (χ1) is 12.3. The molecule has 0 unspecified atom stereocenters. The SMILES string of the molecule is O=C(NCc1cccnc1)N1CC[C@@H]2[C@@H]1CCN2CC1CCOCC1. The van der Waals surface area contributed by atoms with E-state index < -0.39 is 0 Å². The predicted molar refractivity (Wildman–Crippen MR) is 95.1 cm³/mol. The van der Waals surface area contributed by atoms with Crippen molar-refractivity contribution in [2.24, 2.45) is 5.92 Å². The molecular weight excluding hydrogens is 316 g/mol. The summed E-state index contributed by atoms with van der Waals surface area (Å²) in [6, 6.07) is 4.90. The van der Waals surface area contributed by atoms with E-state index in [4.69, 9.17) is 4.74 Å². The zero-order chi connectivity index (χ0) is 17.1. The first-order valence-electron chi connectivity index (χ1n) is 9.56. The number of ether oxygens (including phenoxy) is 1. The first kappa shape index (κ1) is 16.8. The molecule has 1 N–H and O–H groups in total. The highest BCUT2D eigenvalue weighted by molar-refractivity contribution is 5.75. The number of pyridine rings is 1. The van der Waals surface area contributed by atoms with Gasteiger partial charge < -0.3 is 15.0 Å². The Balaban J connectivity index is 1.29. The Morgan fingerprint density at radius 2 is 2.04 bits per heavy atom. The number of hydrogen-bond acceptors (Lipinski definition) is 4. The van der Waals surface area contributed by atoms with Gasteiger partial charge in [-0.05, 0) is 43.2 Å². The zero-order valence-corrected chi connectivity index (χ0v) is 14.8. The lowest BCUT2D eigenvalue weighted by atomic mass is 9.99. The molecule has 25 heavy (non-hydrogen) atoms. The minimum Gasteiger partial charge on any atom is -0.381 e. The van der Waals surface area contributed by atoms with Crippen molar-refractivity contribution in [3.8, 4) is 0 Å². The van der Waals surface area contributed by atoms with Crippen LogP contribution < -0.4 is 5.32 Å². The quantitative estimate of drug-likeness (QED) is 0.906. The number of nitrogens with one attached hydrogen (secondary N) is 1. The summed E-state index contributed by atoms with van der Waals surface area (Å²) in [6.45, 7) is 5.55. The lowest BCUT2D eigenvalue weighted by molar-refractivity contribution is 0.0505. The summed E-state index contributed by atoms with van der Waals surface area (Å²) in [5.74, 6) is 0.765. The average molecular weight is 344 g/mol. The van der Waals surface area contributed by atoms with Crippen molar-refractivity contribution in [2.45, 2.75) is 44.3 Å². The van der Waals surface area contributed by atoms with Crippen molar-refractivity contribution in [3.05, 3.63) is 30.1 Å². The molecule has 0 aromatic carbocycles. The van der Waals surface area contributed by atoms with Crippen LogP contribution in [0.1, 0.15) is 31.2 Å². The van der Waals surface area contributed by atoms with Crippen LogP contribution in [0.4, 0.5) is 4.79 Å². The van der Waals surface area contributed by atoms with E-state index in [2.05, 4.69) is 20.1 Å². The molecule has 0 spiro atoms. The van der Waals surface area contributed by atoms with E-state index in [1.165, 1.54) is 19.4 Å². The van der Waals surface area contributed by atoms with Crippen molar-refractivity contribution < 1.29 is 9.53 Å². The van der Waals surface area contributed by atoms with Gasteiger partial charge in [-0.3, -0.25) is 9.88 Å². The number of carbonyl (C=O) groups is 1. The number of hydrogen-bond donors (Lipinski definition) is 1. The van der Waals surface area contributed by atoms with E-state index in [-0.39, 0.29) is 6.03 Å². The van der Waals surface area contributed by atoms with E-state index in [0.29, 0.717) is 18.6 Å². The molecule has 3 aliphatic heterocycles. The highest BCUT2D eigenvalue weighted by atomic mass is 16.5. The number of likely N-dealkylation sites (tertiary alicyclic amines) is 2. The Labute approximate surface area is 149 Å². The van der Waals surface area contributed by atoms with Crippen molar-refractivity contribution in [1.82, 2.24) is 20.1 Å². The molecule has 6 nitrogen and oxygen atoms in total. The third-order valence-corrected chi connectivity index (χ3v) is 5.95. The lowest BCUT2D eigenvalue weighted by Gasteiger charge is -2.30. The number of fused-ring (bicyclic) bond motifs is 1. The predicted octanol–water partition coefficient (Wildman–Crippen LogP) is 1.87. The molecule has 6 heteroatoms. The summed E-state index contributed by atoms with van der Waals surface area (Å²) in [5, 5.41) is 3.06. The number of nitrogens with zero attached hydrogens (tertiary/aromatic N) is 3. The Bertz CT molecular complexity index is 576. The second kappa shape index (κ2) is 7.70. The van der Waals surface area contributed by atoms with Gasteiger partial charge in [-0.1, -0.05) is 6.07 Å². The molecule has 4 rings (SSSR count). The van der Waals surface area contributed by atoms with Crippen molar-refractivity contribution in [2.75, 3.05) is 32.8 Å². The highest BCUT2D eigenvalue weighted by Gasteiger charge is 2.44. The van der Waals surface area contributed by atoms with Gasteiger partial charge in [-0.25, -0.2) is 4.79 Å². The summed E-state index contributed by atoms with van der Waals surface area (Å²) >= 11 is 0.